The zero-order valence-corrected chi connectivity index (χ0v) is 7.87. The molecule has 14 heavy (non-hydrogen) atoms. The number of halogens is 2. The van der Waals surface area contributed by atoms with E-state index in [-0.39, 0.29) is 5.82 Å². The van der Waals surface area contributed by atoms with Crippen LogP contribution >= 0.6 is 11.6 Å². The standard InChI is InChI=1S/C10H6ClFN2/c11-10-5-9(13-6-14-10)7-3-1-2-4-8(7)12/h1-6H. The monoisotopic (exact) mass is 208 g/mol. The fraction of sp³-hybridized carbons (Fsp3) is 0. The summed E-state index contributed by atoms with van der Waals surface area (Å²) in [5.74, 6) is -0.317. The van der Waals surface area contributed by atoms with Gasteiger partial charge in [-0.05, 0) is 12.1 Å². The Morgan fingerprint density at radius 3 is 2.64 bits per heavy atom. The molecule has 0 aliphatic carbocycles. The van der Waals surface area contributed by atoms with Gasteiger partial charge in [-0.15, -0.1) is 0 Å². The largest absolute Gasteiger partial charge is 0.236 e. The first-order valence-corrected chi connectivity index (χ1v) is 4.37. The molecule has 1 aromatic carbocycles. The third-order valence-corrected chi connectivity index (χ3v) is 1.99. The summed E-state index contributed by atoms with van der Waals surface area (Å²) in [6, 6.07) is 7.93. The van der Waals surface area contributed by atoms with E-state index in [0.29, 0.717) is 16.4 Å². The molecule has 0 amide bonds. The van der Waals surface area contributed by atoms with Crippen molar-refractivity contribution in [2.24, 2.45) is 0 Å². The Labute approximate surface area is 85.4 Å². The topological polar surface area (TPSA) is 25.8 Å². The second-order valence-electron chi connectivity index (χ2n) is 2.71. The number of rotatable bonds is 1. The van der Waals surface area contributed by atoms with Gasteiger partial charge in [0.25, 0.3) is 0 Å². The normalized spacial score (nSPS) is 10.1. The van der Waals surface area contributed by atoms with Crippen molar-refractivity contribution in [2.75, 3.05) is 0 Å². The van der Waals surface area contributed by atoms with Crippen LogP contribution in [-0.4, -0.2) is 9.97 Å². The number of hydrogen-bond acceptors (Lipinski definition) is 2. The van der Waals surface area contributed by atoms with Gasteiger partial charge >= 0.3 is 0 Å². The smallest absolute Gasteiger partial charge is 0.133 e. The van der Waals surface area contributed by atoms with Crippen LogP contribution in [-0.2, 0) is 0 Å². The van der Waals surface area contributed by atoms with E-state index in [1.54, 1.807) is 18.2 Å². The lowest BCUT2D eigenvalue weighted by Gasteiger charge is -2.01. The van der Waals surface area contributed by atoms with Gasteiger partial charge in [0, 0.05) is 11.6 Å². The Kier molecular flexibility index (Phi) is 2.41. The highest BCUT2D eigenvalue weighted by atomic mass is 35.5. The fourth-order valence-electron chi connectivity index (χ4n) is 1.15. The van der Waals surface area contributed by atoms with Crippen LogP contribution in [0.25, 0.3) is 11.3 Å². The molecule has 0 spiro atoms. The minimum Gasteiger partial charge on any atom is -0.236 e. The first-order valence-electron chi connectivity index (χ1n) is 4.00. The van der Waals surface area contributed by atoms with Crippen LogP contribution < -0.4 is 0 Å². The number of hydrogen-bond donors (Lipinski definition) is 0. The van der Waals surface area contributed by atoms with Gasteiger partial charge in [0.05, 0.1) is 5.69 Å². The Bertz CT molecular complexity index is 459. The summed E-state index contributed by atoms with van der Waals surface area (Å²) in [5.41, 5.74) is 0.917. The molecule has 70 valence electrons. The third kappa shape index (κ3) is 1.72. The van der Waals surface area contributed by atoms with Gasteiger partial charge in [-0.3, -0.25) is 0 Å². The zero-order chi connectivity index (χ0) is 9.97. The van der Waals surface area contributed by atoms with Crippen molar-refractivity contribution in [3.8, 4) is 11.3 Å². The SMILES string of the molecule is Fc1ccccc1-c1cc(Cl)ncn1. The van der Waals surface area contributed by atoms with E-state index in [1.165, 1.54) is 18.5 Å². The van der Waals surface area contributed by atoms with Gasteiger partial charge in [0.2, 0.25) is 0 Å². The van der Waals surface area contributed by atoms with Crippen LogP contribution in [0.15, 0.2) is 36.7 Å². The van der Waals surface area contributed by atoms with Gasteiger partial charge in [0.1, 0.15) is 17.3 Å². The van der Waals surface area contributed by atoms with Crippen LogP contribution in [0.2, 0.25) is 5.15 Å². The van der Waals surface area contributed by atoms with Crippen LogP contribution in [0.5, 0.6) is 0 Å². The zero-order valence-electron chi connectivity index (χ0n) is 7.11. The van der Waals surface area contributed by atoms with E-state index in [0.717, 1.165) is 0 Å². The maximum atomic E-state index is 13.3. The molecule has 1 aromatic heterocycles. The number of aromatic nitrogens is 2. The Balaban J connectivity index is 2.55. The minimum absolute atomic E-state index is 0.304. The Hall–Kier alpha value is -1.48. The molecule has 2 rings (SSSR count). The molecule has 0 N–H and O–H groups in total. The predicted octanol–water partition coefficient (Wildman–Crippen LogP) is 2.94. The summed E-state index contributed by atoms with van der Waals surface area (Å²) in [5, 5.41) is 0.304. The molecule has 0 bridgehead atoms. The van der Waals surface area contributed by atoms with Crippen molar-refractivity contribution in [2.45, 2.75) is 0 Å². The minimum atomic E-state index is -0.317. The summed E-state index contributed by atoms with van der Waals surface area (Å²) in [7, 11) is 0. The molecule has 2 aromatic rings. The van der Waals surface area contributed by atoms with Crippen molar-refractivity contribution in [3.05, 3.63) is 47.6 Å². The van der Waals surface area contributed by atoms with E-state index in [2.05, 4.69) is 9.97 Å². The van der Waals surface area contributed by atoms with E-state index in [9.17, 15) is 4.39 Å². The van der Waals surface area contributed by atoms with Crippen LogP contribution in [0.1, 0.15) is 0 Å². The van der Waals surface area contributed by atoms with Crippen molar-refractivity contribution in [3.63, 3.8) is 0 Å². The molecular weight excluding hydrogens is 203 g/mol. The van der Waals surface area contributed by atoms with E-state index < -0.39 is 0 Å². The van der Waals surface area contributed by atoms with Crippen molar-refractivity contribution in [1.29, 1.82) is 0 Å². The second-order valence-corrected chi connectivity index (χ2v) is 3.09. The summed E-state index contributed by atoms with van der Waals surface area (Å²) in [6.07, 6.45) is 1.31. The highest BCUT2D eigenvalue weighted by molar-refractivity contribution is 6.29. The highest BCUT2D eigenvalue weighted by Crippen LogP contribution is 2.21. The summed E-state index contributed by atoms with van der Waals surface area (Å²) < 4.78 is 13.3. The first kappa shape index (κ1) is 9.09. The van der Waals surface area contributed by atoms with Crippen LogP contribution in [0.3, 0.4) is 0 Å². The molecular formula is C10H6ClFN2. The number of benzene rings is 1. The quantitative estimate of drug-likeness (QED) is 0.674. The lowest BCUT2D eigenvalue weighted by molar-refractivity contribution is 0.630. The lowest BCUT2D eigenvalue weighted by Crippen LogP contribution is -1.88. The van der Waals surface area contributed by atoms with Crippen molar-refractivity contribution >= 4 is 11.6 Å². The van der Waals surface area contributed by atoms with Crippen LogP contribution in [0, 0.1) is 5.82 Å². The molecule has 4 heteroatoms. The molecule has 0 aliphatic rings. The molecule has 0 aliphatic heterocycles. The third-order valence-electron chi connectivity index (χ3n) is 1.78. The molecule has 0 saturated heterocycles. The van der Waals surface area contributed by atoms with Gasteiger partial charge in [0.15, 0.2) is 0 Å². The molecule has 0 fully saturated rings. The molecule has 1 heterocycles. The van der Waals surface area contributed by atoms with E-state index >= 15 is 0 Å². The second kappa shape index (κ2) is 3.72. The van der Waals surface area contributed by atoms with Gasteiger partial charge in [-0.1, -0.05) is 23.7 Å². The lowest BCUT2D eigenvalue weighted by atomic mass is 10.1. The molecule has 2 nitrogen and oxygen atoms in total. The fourth-order valence-corrected chi connectivity index (χ4v) is 1.30. The number of nitrogens with zero attached hydrogens (tertiary/aromatic N) is 2. The van der Waals surface area contributed by atoms with Gasteiger partial charge in [-0.2, -0.15) is 0 Å². The molecule has 0 unspecified atom stereocenters. The maximum Gasteiger partial charge on any atom is 0.133 e. The Morgan fingerprint density at radius 1 is 1.14 bits per heavy atom. The van der Waals surface area contributed by atoms with E-state index in [1.807, 2.05) is 0 Å². The average Bonchev–Trinajstić information content (AvgIpc) is 2.18. The van der Waals surface area contributed by atoms with Crippen molar-refractivity contribution < 1.29 is 4.39 Å². The highest BCUT2D eigenvalue weighted by Gasteiger charge is 2.05. The van der Waals surface area contributed by atoms with Gasteiger partial charge in [-0.25, -0.2) is 14.4 Å². The predicted molar refractivity (Wildman–Crippen MR) is 52.4 cm³/mol. The summed E-state index contributed by atoms with van der Waals surface area (Å²) in [4.78, 5) is 7.66. The van der Waals surface area contributed by atoms with E-state index in [4.69, 9.17) is 11.6 Å². The van der Waals surface area contributed by atoms with Crippen LogP contribution in [0.4, 0.5) is 4.39 Å². The average molecular weight is 209 g/mol. The maximum absolute atomic E-state index is 13.3. The molecule has 0 atom stereocenters. The summed E-state index contributed by atoms with van der Waals surface area (Å²) >= 11 is 5.67. The summed E-state index contributed by atoms with van der Waals surface area (Å²) in [6.45, 7) is 0. The molecule has 0 radical (unpaired) electrons. The Morgan fingerprint density at radius 2 is 1.93 bits per heavy atom. The molecule has 0 saturated carbocycles. The van der Waals surface area contributed by atoms with Gasteiger partial charge < -0.3 is 0 Å². The van der Waals surface area contributed by atoms with Crippen molar-refractivity contribution in [1.82, 2.24) is 9.97 Å². The first-order chi connectivity index (χ1) is 6.77.